The van der Waals surface area contributed by atoms with Crippen LogP contribution in [0.1, 0.15) is 46.5 Å². The van der Waals surface area contributed by atoms with E-state index in [1.165, 1.54) is 0 Å². The molecule has 0 aliphatic rings. The fourth-order valence-electron chi connectivity index (χ4n) is 2.93. The van der Waals surface area contributed by atoms with Crippen molar-refractivity contribution in [3.63, 3.8) is 0 Å². The summed E-state index contributed by atoms with van der Waals surface area (Å²) < 4.78 is 0. The molecule has 0 heterocycles. The predicted molar refractivity (Wildman–Crippen MR) is 125 cm³/mol. The first-order valence-corrected chi connectivity index (χ1v) is 11.1. The van der Waals surface area contributed by atoms with E-state index in [1.54, 1.807) is 13.8 Å². The van der Waals surface area contributed by atoms with Crippen LogP contribution < -0.4 is 27.0 Å². The van der Waals surface area contributed by atoms with E-state index in [4.69, 9.17) is 15.9 Å². The maximum absolute atomic E-state index is 12.9. The predicted octanol–water partition coefficient (Wildman–Crippen LogP) is -2.73. The van der Waals surface area contributed by atoms with E-state index in [1.807, 2.05) is 0 Å². The summed E-state index contributed by atoms with van der Waals surface area (Å²) in [7, 11) is 0. The van der Waals surface area contributed by atoms with Crippen LogP contribution in [0.15, 0.2) is 0 Å². The van der Waals surface area contributed by atoms with Crippen molar-refractivity contribution in [2.24, 2.45) is 11.7 Å². The highest BCUT2D eigenvalue weighted by Gasteiger charge is 2.32. The van der Waals surface area contributed by atoms with Gasteiger partial charge in [-0.15, -0.1) is 12.6 Å². The highest BCUT2D eigenvalue weighted by Crippen LogP contribution is 2.08. The number of nitrogens with one attached hydrogen (secondary N) is 4. The standard InChI is InChI=1S/C20H31N5O10S/c1-8(2)4-10(17(32)25-13(20(35)36)7-16(30)31)23-18(33)11(5-14(21)27)24-19(34)12(6-15(28)29)22-9(3)26/h8,10-13H,4-7H2,1-3H3,(H2,21,27)(H,22,26)(H,23,33)(H,24,34)(H,25,32)(H,28,29)(H,30,31)(H,35,36)/t10-,11-,12-,13-/m0/s1. The maximum Gasteiger partial charge on any atom is 0.305 e. The van der Waals surface area contributed by atoms with Crippen LogP contribution in [-0.4, -0.2) is 81.0 Å². The minimum Gasteiger partial charge on any atom is -0.481 e. The number of hydrogen-bond donors (Lipinski definition) is 8. The number of carboxylic acids is 2. The number of thiol groups is 1. The Balaban J connectivity index is 5.77. The van der Waals surface area contributed by atoms with Gasteiger partial charge in [0.2, 0.25) is 34.7 Å². The number of carbonyl (C=O) groups excluding carboxylic acids is 6. The molecule has 0 aliphatic heterocycles. The lowest BCUT2D eigenvalue weighted by atomic mass is 10.0. The number of amides is 5. The lowest BCUT2D eigenvalue weighted by molar-refractivity contribution is -0.141. The monoisotopic (exact) mass is 533 g/mol. The molecule has 4 atom stereocenters. The second-order valence-electron chi connectivity index (χ2n) is 8.27. The van der Waals surface area contributed by atoms with E-state index in [0.717, 1.165) is 6.92 Å². The SMILES string of the molecule is CC(=O)N[C@@H](CC(=O)O)C(=O)N[C@@H](CC(N)=O)C(=O)N[C@@H](CC(C)C)C(=O)N[C@@H](CC(=O)O)C(=O)S. The molecule has 8 N–H and O–H groups in total. The largest absolute Gasteiger partial charge is 0.481 e. The highest BCUT2D eigenvalue weighted by molar-refractivity contribution is 7.96. The smallest absolute Gasteiger partial charge is 0.305 e. The number of carboxylic acid groups (broad SMARTS) is 2. The molecule has 0 fully saturated rings. The molecule has 0 saturated carbocycles. The number of aliphatic carboxylic acids is 2. The van der Waals surface area contributed by atoms with Gasteiger partial charge in [-0.05, 0) is 12.3 Å². The van der Waals surface area contributed by atoms with Crippen LogP contribution in [0, 0.1) is 5.92 Å². The van der Waals surface area contributed by atoms with Crippen molar-refractivity contribution in [2.75, 3.05) is 0 Å². The van der Waals surface area contributed by atoms with Crippen molar-refractivity contribution < 1.29 is 48.6 Å². The fraction of sp³-hybridized carbons (Fsp3) is 0.600. The van der Waals surface area contributed by atoms with Gasteiger partial charge in [-0.1, -0.05) is 13.8 Å². The number of carbonyl (C=O) groups is 8. The molecule has 0 spiro atoms. The lowest BCUT2D eigenvalue weighted by Gasteiger charge is -2.26. The lowest BCUT2D eigenvalue weighted by Crippen LogP contribution is -2.58. The minimum absolute atomic E-state index is 0.0168. The summed E-state index contributed by atoms with van der Waals surface area (Å²) in [6.45, 7) is 4.45. The average molecular weight is 534 g/mol. The third kappa shape index (κ3) is 13.3. The van der Waals surface area contributed by atoms with Gasteiger partial charge in [-0.2, -0.15) is 0 Å². The Bertz CT molecular complexity index is 878. The van der Waals surface area contributed by atoms with Crippen molar-refractivity contribution in [3.05, 3.63) is 0 Å². The molecule has 0 saturated heterocycles. The third-order valence-corrected chi connectivity index (χ3v) is 4.76. The number of hydrogen-bond acceptors (Lipinski definition) is 8. The molecule has 0 rings (SSSR count). The Kier molecular flexibility index (Phi) is 13.8. The van der Waals surface area contributed by atoms with Gasteiger partial charge < -0.3 is 37.2 Å². The van der Waals surface area contributed by atoms with Crippen LogP contribution in [-0.2, 0) is 38.4 Å². The Morgan fingerprint density at radius 3 is 1.47 bits per heavy atom. The van der Waals surface area contributed by atoms with E-state index in [2.05, 4.69) is 33.9 Å². The van der Waals surface area contributed by atoms with E-state index >= 15 is 0 Å². The second-order valence-corrected chi connectivity index (χ2v) is 8.71. The average Bonchev–Trinajstić information content (AvgIpc) is 2.69. The Labute approximate surface area is 211 Å². The Morgan fingerprint density at radius 2 is 1.08 bits per heavy atom. The van der Waals surface area contributed by atoms with Gasteiger partial charge in [0.15, 0.2) is 0 Å². The van der Waals surface area contributed by atoms with Crippen LogP contribution in [0.3, 0.4) is 0 Å². The molecule has 0 aromatic carbocycles. The molecule has 15 nitrogen and oxygen atoms in total. The summed E-state index contributed by atoms with van der Waals surface area (Å²) in [5.74, 6) is -7.80. The van der Waals surface area contributed by atoms with Gasteiger partial charge in [-0.25, -0.2) is 0 Å². The fourth-order valence-corrected chi connectivity index (χ4v) is 3.09. The summed E-state index contributed by atoms with van der Waals surface area (Å²) in [5.41, 5.74) is 5.15. The molecule has 0 radical (unpaired) electrons. The van der Waals surface area contributed by atoms with E-state index < -0.39 is 90.0 Å². The van der Waals surface area contributed by atoms with Crippen LogP contribution in [0.25, 0.3) is 0 Å². The maximum atomic E-state index is 12.9. The zero-order chi connectivity index (χ0) is 28.2. The van der Waals surface area contributed by atoms with Gasteiger partial charge in [0, 0.05) is 6.92 Å². The molecule has 36 heavy (non-hydrogen) atoms. The topological polar surface area (TPSA) is 251 Å². The van der Waals surface area contributed by atoms with Crippen molar-refractivity contribution in [1.82, 2.24) is 21.3 Å². The van der Waals surface area contributed by atoms with Gasteiger partial charge in [-0.3, -0.25) is 38.4 Å². The van der Waals surface area contributed by atoms with Crippen LogP contribution in [0.5, 0.6) is 0 Å². The van der Waals surface area contributed by atoms with E-state index in [-0.39, 0.29) is 12.3 Å². The second kappa shape index (κ2) is 15.3. The zero-order valence-electron chi connectivity index (χ0n) is 19.9. The normalized spacial score (nSPS) is 13.9. The molecular formula is C20H31N5O10S. The molecule has 0 aliphatic carbocycles. The summed E-state index contributed by atoms with van der Waals surface area (Å²) in [5, 5.41) is 25.7. The number of primary amides is 1. The molecule has 0 aromatic rings. The van der Waals surface area contributed by atoms with Gasteiger partial charge in [0.25, 0.3) is 0 Å². The zero-order valence-corrected chi connectivity index (χ0v) is 20.8. The minimum atomic E-state index is -1.65. The van der Waals surface area contributed by atoms with Gasteiger partial charge in [0.1, 0.15) is 24.2 Å². The Morgan fingerprint density at radius 1 is 0.694 bits per heavy atom. The summed E-state index contributed by atoms with van der Waals surface area (Å²) in [6.07, 6.45) is -2.30. The molecule has 5 amide bonds. The first-order chi connectivity index (χ1) is 16.5. The van der Waals surface area contributed by atoms with Crippen LogP contribution >= 0.6 is 12.6 Å². The molecule has 16 heteroatoms. The van der Waals surface area contributed by atoms with Crippen molar-refractivity contribution in [3.8, 4) is 0 Å². The summed E-state index contributed by atoms with van der Waals surface area (Å²) in [6, 6.07) is -6.03. The van der Waals surface area contributed by atoms with Crippen molar-refractivity contribution >= 4 is 59.2 Å². The van der Waals surface area contributed by atoms with E-state index in [0.29, 0.717) is 0 Å². The molecule has 0 unspecified atom stereocenters. The van der Waals surface area contributed by atoms with E-state index in [9.17, 15) is 38.4 Å². The molecule has 0 bridgehead atoms. The van der Waals surface area contributed by atoms with Gasteiger partial charge in [0.05, 0.1) is 19.3 Å². The highest BCUT2D eigenvalue weighted by atomic mass is 32.1. The first-order valence-electron chi connectivity index (χ1n) is 10.7. The quantitative estimate of drug-likeness (QED) is 0.0951. The molecular weight excluding hydrogens is 502 g/mol. The molecule has 0 aromatic heterocycles. The Hall–Kier alpha value is -3.69. The summed E-state index contributed by atoms with van der Waals surface area (Å²) in [4.78, 5) is 94.5. The summed E-state index contributed by atoms with van der Waals surface area (Å²) >= 11 is 3.55. The number of nitrogens with two attached hydrogens (primary N) is 1. The van der Waals surface area contributed by atoms with Crippen molar-refractivity contribution in [2.45, 2.75) is 70.6 Å². The first kappa shape index (κ1) is 32.3. The molecule has 202 valence electrons. The van der Waals surface area contributed by atoms with Crippen LogP contribution in [0.2, 0.25) is 0 Å². The third-order valence-electron chi connectivity index (χ3n) is 4.44. The van der Waals surface area contributed by atoms with Gasteiger partial charge >= 0.3 is 11.9 Å². The van der Waals surface area contributed by atoms with Crippen molar-refractivity contribution in [1.29, 1.82) is 0 Å². The number of rotatable bonds is 16. The van der Waals surface area contributed by atoms with Crippen LogP contribution in [0.4, 0.5) is 0 Å².